The van der Waals surface area contributed by atoms with E-state index in [9.17, 15) is 14.3 Å². The number of hydrogen-bond donors (Lipinski definition) is 1. The zero-order chi connectivity index (χ0) is 17.8. The smallest absolute Gasteiger partial charge is 0.335 e. The van der Waals surface area contributed by atoms with Gasteiger partial charge in [-0.05, 0) is 30.2 Å². The lowest BCUT2D eigenvalue weighted by molar-refractivity contribution is 0.0696. The van der Waals surface area contributed by atoms with E-state index >= 15 is 0 Å². The van der Waals surface area contributed by atoms with Crippen molar-refractivity contribution in [2.24, 2.45) is 0 Å². The van der Waals surface area contributed by atoms with Crippen molar-refractivity contribution in [1.82, 2.24) is 4.98 Å². The van der Waals surface area contributed by atoms with Crippen LogP contribution in [0.1, 0.15) is 21.5 Å². The number of aromatic nitrogens is 1. The molecule has 0 unspecified atom stereocenters. The number of pyridine rings is 1. The fraction of sp³-hybridized carbons (Fsp3) is 0.100. The molecule has 5 heteroatoms. The van der Waals surface area contributed by atoms with Crippen molar-refractivity contribution in [3.63, 3.8) is 0 Å². The number of halogens is 1. The summed E-state index contributed by atoms with van der Waals surface area (Å²) in [6.07, 6.45) is 0. The maximum atomic E-state index is 13.8. The van der Waals surface area contributed by atoms with Crippen LogP contribution in [0, 0.1) is 12.7 Å². The minimum atomic E-state index is -1.10. The van der Waals surface area contributed by atoms with Gasteiger partial charge >= 0.3 is 5.97 Å². The van der Waals surface area contributed by atoms with Gasteiger partial charge in [-0.25, -0.2) is 14.2 Å². The minimum absolute atomic E-state index is 0.0362. The Morgan fingerprint density at radius 2 is 1.88 bits per heavy atom. The van der Waals surface area contributed by atoms with Crippen molar-refractivity contribution in [3.05, 3.63) is 83.2 Å². The van der Waals surface area contributed by atoms with Gasteiger partial charge in [0.25, 0.3) is 0 Å². The summed E-state index contributed by atoms with van der Waals surface area (Å²) < 4.78 is 19.4. The van der Waals surface area contributed by atoms with Crippen LogP contribution in [0.4, 0.5) is 4.39 Å². The van der Waals surface area contributed by atoms with Gasteiger partial charge in [0.2, 0.25) is 5.88 Å². The van der Waals surface area contributed by atoms with E-state index in [1.807, 2.05) is 30.3 Å². The minimum Gasteiger partial charge on any atom is -0.478 e. The van der Waals surface area contributed by atoms with Crippen LogP contribution in [0.25, 0.3) is 11.3 Å². The molecule has 3 rings (SSSR count). The number of carboxylic acids is 1. The van der Waals surface area contributed by atoms with E-state index in [1.54, 1.807) is 19.1 Å². The third kappa shape index (κ3) is 4.01. The zero-order valence-electron chi connectivity index (χ0n) is 13.6. The molecule has 1 aromatic heterocycles. The molecule has 0 aliphatic carbocycles. The quantitative estimate of drug-likeness (QED) is 0.746. The molecular formula is C20H16FNO3. The van der Waals surface area contributed by atoms with Crippen LogP contribution < -0.4 is 4.74 Å². The van der Waals surface area contributed by atoms with Crippen LogP contribution >= 0.6 is 0 Å². The van der Waals surface area contributed by atoms with Gasteiger partial charge in [0, 0.05) is 11.6 Å². The fourth-order valence-electron chi connectivity index (χ4n) is 2.33. The van der Waals surface area contributed by atoms with Gasteiger partial charge in [-0.2, -0.15) is 0 Å². The Hall–Kier alpha value is -3.21. The molecule has 0 saturated heterocycles. The monoisotopic (exact) mass is 337 g/mol. The maximum absolute atomic E-state index is 13.8. The molecule has 0 bridgehead atoms. The van der Waals surface area contributed by atoms with Crippen molar-refractivity contribution >= 4 is 5.97 Å². The highest BCUT2D eigenvalue weighted by Gasteiger charge is 2.12. The van der Waals surface area contributed by atoms with Gasteiger partial charge in [-0.15, -0.1) is 0 Å². The van der Waals surface area contributed by atoms with Gasteiger partial charge in [-0.3, -0.25) is 0 Å². The molecule has 0 spiro atoms. The van der Waals surface area contributed by atoms with Gasteiger partial charge in [0.15, 0.2) is 0 Å². The van der Waals surface area contributed by atoms with Crippen molar-refractivity contribution in [2.45, 2.75) is 13.5 Å². The maximum Gasteiger partial charge on any atom is 0.335 e. The summed E-state index contributed by atoms with van der Waals surface area (Å²) in [4.78, 5) is 15.7. The van der Waals surface area contributed by atoms with Gasteiger partial charge in [0.05, 0.1) is 11.3 Å². The average Bonchev–Trinajstić information content (AvgIpc) is 2.63. The molecule has 1 N–H and O–H groups in total. The molecule has 4 nitrogen and oxygen atoms in total. The van der Waals surface area contributed by atoms with E-state index < -0.39 is 5.97 Å². The second kappa shape index (κ2) is 7.13. The van der Waals surface area contributed by atoms with Crippen LogP contribution in [0.2, 0.25) is 0 Å². The average molecular weight is 337 g/mol. The van der Waals surface area contributed by atoms with E-state index in [0.29, 0.717) is 16.8 Å². The summed E-state index contributed by atoms with van der Waals surface area (Å²) in [6.45, 7) is 1.92. The molecule has 1 heterocycles. The van der Waals surface area contributed by atoms with E-state index in [4.69, 9.17) is 4.74 Å². The number of carboxylic acid groups (broad SMARTS) is 1. The Morgan fingerprint density at radius 3 is 2.56 bits per heavy atom. The largest absolute Gasteiger partial charge is 0.478 e. The molecular weight excluding hydrogens is 321 g/mol. The second-order valence-corrected chi connectivity index (χ2v) is 5.62. The third-order valence-corrected chi connectivity index (χ3v) is 3.75. The van der Waals surface area contributed by atoms with Gasteiger partial charge in [-0.1, -0.05) is 42.5 Å². The number of aromatic carboxylic acids is 1. The van der Waals surface area contributed by atoms with Crippen molar-refractivity contribution in [2.75, 3.05) is 0 Å². The van der Waals surface area contributed by atoms with E-state index in [0.717, 1.165) is 5.56 Å². The van der Waals surface area contributed by atoms with Crippen LogP contribution in [0.15, 0.2) is 60.7 Å². The normalized spacial score (nSPS) is 10.5. The number of benzene rings is 2. The molecule has 0 aliphatic heterocycles. The number of ether oxygens (including phenoxy) is 1. The Kier molecular flexibility index (Phi) is 4.75. The molecule has 0 amide bonds. The topological polar surface area (TPSA) is 59.4 Å². The first-order valence-corrected chi connectivity index (χ1v) is 7.71. The number of aryl methyl sites for hydroxylation is 1. The summed E-state index contributed by atoms with van der Waals surface area (Å²) in [6, 6.07) is 16.9. The van der Waals surface area contributed by atoms with Gasteiger partial charge < -0.3 is 9.84 Å². The predicted octanol–water partition coefficient (Wildman–Crippen LogP) is 4.47. The Bertz CT molecular complexity index is 910. The Morgan fingerprint density at radius 1 is 1.12 bits per heavy atom. The molecule has 0 aliphatic rings. The summed E-state index contributed by atoms with van der Waals surface area (Å²) in [5.74, 6) is -1.28. The van der Waals surface area contributed by atoms with Crippen LogP contribution in [-0.2, 0) is 6.61 Å². The lowest BCUT2D eigenvalue weighted by Crippen LogP contribution is -2.03. The fourth-order valence-corrected chi connectivity index (χ4v) is 2.33. The van der Waals surface area contributed by atoms with Crippen molar-refractivity contribution < 1.29 is 19.0 Å². The van der Waals surface area contributed by atoms with Crippen molar-refractivity contribution in [3.8, 4) is 17.1 Å². The Balaban J connectivity index is 1.94. The van der Waals surface area contributed by atoms with E-state index in [2.05, 4.69) is 4.98 Å². The molecule has 0 saturated carbocycles. The summed E-state index contributed by atoms with van der Waals surface area (Å²) in [7, 11) is 0. The highest BCUT2D eigenvalue weighted by Crippen LogP contribution is 2.24. The highest BCUT2D eigenvalue weighted by atomic mass is 19.1. The molecule has 0 radical (unpaired) electrons. The van der Waals surface area contributed by atoms with Crippen LogP contribution in [-0.4, -0.2) is 16.1 Å². The molecule has 3 aromatic rings. The van der Waals surface area contributed by atoms with E-state index in [1.165, 1.54) is 18.2 Å². The molecule has 126 valence electrons. The lowest BCUT2D eigenvalue weighted by atomic mass is 10.1. The SMILES string of the molecule is Cc1ccc(-c2cc(C(=O)O)cc(OCc3ccccc3)n2)cc1F. The highest BCUT2D eigenvalue weighted by molar-refractivity contribution is 5.89. The molecule has 0 atom stereocenters. The first-order chi connectivity index (χ1) is 12.0. The summed E-state index contributed by atoms with van der Waals surface area (Å²) in [5.41, 5.74) is 2.33. The number of rotatable bonds is 5. The molecule has 25 heavy (non-hydrogen) atoms. The number of hydrogen-bond acceptors (Lipinski definition) is 3. The van der Waals surface area contributed by atoms with Crippen LogP contribution in [0.3, 0.4) is 0 Å². The van der Waals surface area contributed by atoms with E-state index in [-0.39, 0.29) is 23.9 Å². The lowest BCUT2D eigenvalue weighted by Gasteiger charge is -2.10. The van der Waals surface area contributed by atoms with Gasteiger partial charge in [0.1, 0.15) is 12.4 Å². The number of nitrogens with zero attached hydrogens (tertiary/aromatic N) is 1. The first kappa shape index (κ1) is 16.6. The second-order valence-electron chi connectivity index (χ2n) is 5.62. The third-order valence-electron chi connectivity index (χ3n) is 3.75. The first-order valence-electron chi connectivity index (χ1n) is 7.71. The Labute approximate surface area is 144 Å². The van der Waals surface area contributed by atoms with Crippen molar-refractivity contribution in [1.29, 1.82) is 0 Å². The molecule has 0 fully saturated rings. The predicted molar refractivity (Wildman–Crippen MR) is 92.1 cm³/mol. The zero-order valence-corrected chi connectivity index (χ0v) is 13.6. The summed E-state index contributed by atoms with van der Waals surface area (Å²) >= 11 is 0. The van der Waals surface area contributed by atoms with Crippen LogP contribution in [0.5, 0.6) is 5.88 Å². The summed E-state index contributed by atoms with van der Waals surface area (Å²) in [5, 5.41) is 9.31. The number of carbonyl (C=O) groups is 1. The standard InChI is InChI=1S/C20H16FNO3/c1-13-7-8-15(9-17(13)21)18-10-16(20(23)24)11-19(22-18)25-12-14-5-3-2-4-6-14/h2-11H,12H2,1H3,(H,23,24). The molecule has 2 aromatic carbocycles.